The van der Waals surface area contributed by atoms with Crippen molar-refractivity contribution >= 4 is 28.7 Å². The molecule has 3 N–H and O–H groups in total. The Balaban J connectivity index is 2.29. The molecule has 94 valence electrons. The van der Waals surface area contributed by atoms with E-state index >= 15 is 0 Å². The van der Waals surface area contributed by atoms with Crippen molar-refractivity contribution in [3.05, 3.63) is 47.0 Å². The monoisotopic (exact) mass is 262 g/mol. The van der Waals surface area contributed by atoms with Crippen LogP contribution in [0.2, 0.25) is 5.02 Å². The zero-order valence-electron chi connectivity index (χ0n) is 10.3. The Hall–Kier alpha value is -1.87. The summed E-state index contributed by atoms with van der Waals surface area (Å²) in [5, 5.41) is 3.86. The second-order valence-electron chi connectivity index (χ2n) is 3.99. The maximum Gasteiger partial charge on any atom is 0.137 e. The van der Waals surface area contributed by atoms with Gasteiger partial charge >= 0.3 is 0 Å². The standard InChI is InChI=1S/C14H15ClN2O/c1-9-12(16)4-3-5-13(9)17-10-6-7-14(18-2)11(15)8-10/h3-8,17H,16H2,1-2H3. The molecular formula is C14H15ClN2O. The van der Waals surface area contributed by atoms with E-state index < -0.39 is 0 Å². The molecule has 0 amide bonds. The molecule has 0 aliphatic carbocycles. The van der Waals surface area contributed by atoms with Gasteiger partial charge in [0, 0.05) is 17.1 Å². The van der Waals surface area contributed by atoms with E-state index in [1.807, 2.05) is 43.3 Å². The van der Waals surface area contributed by atoms with Gasteiger partial charge in [-0.25, -0.2) is 0 Å². The fourth-order valence-electron chi connectivity index (χ4n) is 1.69. The Kier molecular flexibility index (Phi) is 3.63. The smallest absolute Gasteiger partial charge is 0.137 e. The number of nitrogen functional groups attached to an aromatic ring is 1. The third-order valence-electron chi connectivity index (χ3n) is 2.81. The molecule has 0 saturated heterocycles. The number of nitrogens with two attached hydrogens (primary N) is 1. The lowest BCUT2D eigenvalue weighted by Crippen LogP contribution is -1.97. The van der Waals surface area contributed by atoms with Crippen LogP contribution in [0.5, 0.6) is 5.75 Å². The van der Waals surface area contributed by atoms with E-state index in [-0.39, 0.29) is 0 Å². The third-order valence-corrected chi connectivity index (χ3v) is 3.10. The van der Waals surface area contributed by atoms with Crippen molar-refractivity contribution < 1.29 is 4.74 Å². The number of hydrogen-bond donors (Lipinski definition) is 2. The predicted octanol–water partition coefficient (Wildman–Crippen LogP) is 3.98. The van der Waals surface area contributed by atoms with Gasteiger partial charge in [0.25, 0.3) is 0 Å². The lowest BCUT2D eigenvalue weighted by Gasteiger charge is -2.12. The van der Waals surface area contributed by atoms with Crippen LogP contribution >= 0.6 is 11.6 Å². The first kappa shape index (κ1) is 12.6. The summed E-state index contributed by atoms with van der Waals surface area (Å²) in [5.41, 5.74) is 9.51. The summed E-state index contributed by atoms with van der Waals surface area (Å²) in [6.07, 6.45) is 0. The van der Waals surface area contributed by atoms with Crippen LogP contribution in [0.4, 0.5) is 17.1 Å². The number of ether oxygens (including phenoxy) is 1. The number of benzene rings is 2. The van der Waals surface area contributed by atoms with Crippen molar-refractivity contribution in [1.82, 2.24) is 0 Å². The fourth-order valence-corrected chi connectivity index (χ4v) is 1.95. The molecule has 0 saturated carbocycles. The van der Waals surface area contributed by atoms with E-state index in [2.05, 4.69) is 5.32 Å². The molecule has 0 aliphatic rings. The molecular weight excluding hydrogens is 248 g/mol. The molecule has 4 heteroatoms. The van der Waals surface area contributed by atoms with E-state index in [1.165, 1.54) is 0 Å². The molecule has 0 atom stereocenters. The Bertz CT molecular complexity index is 570. The van der Waals surface area contributed by atoms with E-state index in [0.717, 1.165) is 22.6 Å². The summed E-state index contributed by atoms with van der Waals surface area (Å²) in [6, 6.07) is 11.3. The van der Waals surface area contributed by atoms with Crippen LogP contribution in [0.3, 0.4) is 0 Å². The Morgan fingerprint density at radius 3 is 2.67 bits per heavy atom. The molecule has 3 nitrogen and oxygen atoms in total. The highest BCUT2D eigenvalue weighted by atomic mass is 35.5. The average molecular weight is 263 g/mol. The van der Waals surface area contributed by atoms with Gasteiger partial charge in [-0.15, -0.1) is 0 Å². The molecule has 2 aromatic rings. The molecule has 0 heterocycles. The number of anilines is 3. The first-order chi connectivity index (χ1) is 8.61. The van der Waals surface area contributed by atoms with Gasteiger partial charge in [0.1, 0.15) is 5.75 Å². The highest BCUT2D eigenvalue weighted by Crippen LogP contribution is 2.30. The van der Waals surface area contributed by atoms with Crippen LogP contribution in [0.15, 0.2) is 36.4 Å². The van der Waals surface area contributed by atoms with E-state index in [9.17, 15) is 0 Å². The van der Waals surface area contributed by atoms with Crippen LogP contribution in [0, 0.1) is 6.92 Å². The minimum absolute atomic E-state index is 0.573. The zero-order chi connectivity index (χ0) is 13.1. The van der Waals surface area contributed by atoms with E-state index in [0.29, 0.717) is 10.8 Å². The Morgan fingerprint density at radius 2 is 2.00 bits per heavy atom. The topological polar surface area (TPSA) is 47.3 Å². The molecule has 0 unspecified atom stereocenters. The molecule has 0 radical (unpaired) electrons. The largest absolute Gasteiger partial charge is 0.495 e. The highest BCUT2D eigenvalue weighted by Gasteiger charge is 2.04. The minimum atomic E-state index is 0.573. The summed E-state index contributed by atoms with van der Waals surface area (Å²) in [6.45, 7) is 1.97. The van der Waals surface area contributed by atoms with Crippen molar-refractivity contribution in [2.45, 2.75) is 6.92 Å². The molecule has 0 fully saturated rings. The Labute approximate surface area is 112 Å². The first-order valence-electron chi connectivity index (χ1n) is 5.57. The van der Waals surface area contributed by atoms with Crippen molar-refractivity contribution in [3.63, 3.8) is 0 Å². The molecule has 2 aromatic carbocycles. The molecule has 0 aliphatic heterocycles. The minimum Gasteiger partial charge on any atom is -0.495 e. The fraction of sp³-hybridized carbons (Fsp3) is 0.143. The Morgan fingerprint density at radius 1 is 1.22 bits per heavy atom. The van der Waals surface area contributed by atoms with Crippen molar-refractivity contribution in [2.75, 3.05) is 18.2 Å². The van der Waals surface area contributed by atoms with Gasteiger partial charge in [-0.3, -0.25) is 0 Å². The first-order valence-corrected chi connectivity index (χ1v) is 5.95. The number of hydrogen-bond acceptors (Lipinski definition) is 3. The quantitative estimate of drug-likeness (QED) is 0.823. The van der Waals surface area contributed by atoms with Crippen LogP contribution < -0.4 is 15.8 Å². The van der Waals surface area contributed by atoms with Crippen LogP contribution in [-0.4, -0.2) is 7.11 Å². The van der Waals surface area contributed by atoms with Gasteiger partial charge in [0.2, 0.25) is 0 Å². The second kappa shape index (κ2) is 5.19. The molecule has 0 spiro atoms. The van der Waals surface area contributed by atoms with Gasteiger partial charge in [0.05, 0.1) is 12.1 Å². The number of nitrogens with one attached hydrogen (secondary N) is 1. The van der Waals surface area contributed by atoms with Gasteiger partial charge in [-0.05, 0) is 42.8 Å². The molecule has 0 bridgehead atoms. The van der Waals surface area contributed by atoms with Crippen LogP contribution in [-0.2, 0) is 0 Å². The normalized spacial score (nSPS) is 10.2. The summed E-state index contributed by atoms with van der Waals surface area (Å²) >= 11 is 6.08. The van der Waals surface area contributed by atoms with Crippen molar-refractivity contribution in [3.8, 4) is 5.75 Å². The number of rotatable bonds is 3. The van der Waals surface area contributed by atoms with Crippen molar-refractivity contribution in [2.24, 2.45) is 0 Å². The average Bonchev–Trinajstić information content (AvgIpc) is 2.35. The second-order valence-corrected chi connectivity index (χ2v) is 4.40. The maximum atomic E-state index is 6.08. The third kappa shape index (κ3) is 2.51. The number of methoxy groups -OCH3 is 1. The summed E-state index contributed by atoms with van der Waals surface area (Å²) < 4.78 is 5.11. The highest BCUT2D eigenvalue weighted by molar-refractivity contribution is 6.32. The summed E-state index contributed by atoms with van der Waals surface area (Å²) in [7, 11) is 1.59. The van der Waals surface area contributed by atoms with E-state index in [1.54, 1.807) is 7.11 Å². The molecule has 18 heavy (non-hydrogen) atoms. The predicted molar refractivity (Wildman–Crippen MR) is 76.9 cm³/mol. The lowest BCUT2D eigenvalue weighted by atomic mass is 10.1. The number of halogens is 1. The van der Waals surface area contributed by atoms with Gasteiger partial charge < -0.3 is 15.8 Å². The van der Waals surface area contributed by atoms with Gasteiger partial charge in [-0.2, -0.15) is 0 Å². The zero-order valence-corrected chi connectivity index (χ0v) is 11.1. The maximum absolute atomic E-state index is 6.08. The lowest BCUT2D eigenvalue weighted by molar-refractivity contribution is 0.415. The van der Waals surface area contributed by atoms with Crippen LogP contribution in [0.1, 0.15) is 5.56 Å². The van der Waals surface area contributed by atoms with Gasteiger partial charge in [0.15, 0.2) is 0 Å². The SMILES string of the molecule is COc1ccc(Nc2cccc(N)c2C)cc1Cl. The summed E-state index contributed by atoms with van der Waals surface area (Å²) in [4.78, 5) is 0. The van der Waals surface area contributed by atoms with Crippen LogP contribution in [0.25, 0.3) is 0 Å². The summed E-state index contributed by atoms with van der Waals surface area (Å²) in [5.74, 6) is 0.659. The van der Waals surface area contributed by atoms with Crippen molar-refractivity contribution in [1.29, 1.82) is 0 Å². The van der Waals surface area contributed by atoms with Gasteiger partial charge in [-0.1, -0.05) is 17.7 Å². The molecule has 2 rings (SSSR count). The molecule has 0 aromatic heterocycles. The van der Waals surface area contributed by atoms with E-state index in [4.69, 9.17) is 22.1 Å².